The third kappa shape index (κ3) is 5.65. The first-order valence-electron chi connectivity index (χ1n) is 7.29. The van der Waals surface area contributed by atoms with E-state index in [1.807, 2.05) is 0 Å². The largest absolute Gasteiger partial charge is 0.312 e. The maximum Gasteiger partial charge on any atom is 0.0107 e. The van der Waals surface area contributed by atoms with Crippen molar-refractivity contribution in [1.82, 2.24) is 10.2 Å². The SMILES string of the molecule is CCC(Cc1ccccc1)NCCN(CC)CC. The van der Waals surface area contributed by atoms with Gasteiger partial charge in [0.05, 0.1) is 0 Å². The second kappa shape index (κ2) is 9.12. The molecule has 0 aliphatic rings. The zero-order chi connectivity index (χ0) is 13.2. The molecule has 18 heavy (non-hydrogen) atoms. The molecule has 0 fully saturated rings. The van der Waals surface area contributed by atoms with Gasteiger partial charge in [0.2, 0.25) is 0 Å². The van der Waals surface area contributed by atoms with E-state index in [-0.39, 0.29) is 0 Å². The highest BCUT2D eigenvalue weighted by Gasteiger charge is 2.07. The van der Waals surface area contributed by atoms with Crippen LogP contribution in [-0.2, 0) is 6.42 Å². The molecule has 0 spiro atoms. The minimum Gasteiger partial charge on any atom is -0.312 e. The van der Waals surface area contributed by atoms with Gasteiger partial charge in [-0.25, -0.2) is 0 Å². The first-order valence-corrected chi connectivity index (χ1v) is 7.29. The van der Waals surface area contributed by atoms with Gasteiger partial charge in [-0.1, -0.05) is 51.1 Å². The highest BCUT2D eigenvalue weighted by molar-refractivity contribution is 5.15. The molecule has 1 N–H and O–H groups in total. The number of likely N-dealkylation sites (N-methyl/N-ethyl adjacent to an activating group) is 1. The Morgan fingerprint density at radius 2 is 1.72 bits per heavy atom. The Morgan fingerprint density at radius 3 is 2.28 bits per heavy atom. The molecule has 2 nitrogen and oxygen atoms in total. The summed E-state index contributed by atoms with van der Waals surface area (Å²) in [5, 5.41) is 3.68. The highest BCUT2D eigenvalue weighted by Crippen LogP contribution is 2.05. The normalized spacial score (nSPS) is 12.9. The number of hydrogen-bond acceptors (Lipinski definition) is 2. The summed E-state index contributed by atoms with van der Waals surface area (Å²) < 4.78 is 0. The minimum absolute atomic E-state index is 0.600. The molecule has 0 radical (unpaired) electrons. The number of nitrogens with one attached hydrogen (secondary N) is 1. The van der Waals surface area contributed by atoms with E-state index in [1.165, 1.54) is 12.0 Å². The van der Waals surface area contributed by atoms with Crippen LogP contribution >= 0.6 is 0 Å². The average molecular weight is 248 g/mol. The molecule has 1 atom stereocenters. The monoisotopic (exact) mass is 248 g/mol. The molecule has 0 saturated carbocycles. The molecule has 0 heterocycles. The summed E-state index contributed by atoms with van der Waals surface area (Å²) in [7, 11) is 0. The van der Waals surface area contributed by atoms with Gasteiger partial charge in [0.15, 0.2) is 0 Å². The summed E-state index contributed by atoms with van der Waals surface area (Å²) in [4.78, 5) is 2.46. The molecular weight excluding hydrogens is 220 g/mol. The van der Waals surface area contributed by atoms with Crippen molar-refractivity contribution in [3.05, 3.63) is 35.9 Å². The Kier molecular flexibility index (Phi) is 7.70. The first-order chi connectivity index (χ1) is 8.80. The second-order valence-electron chi connectivity index (χ2n) is 4.78. The van der Waals surface area contributed by atoms with Crippen LogP contribution in [0.15, 0.2) is 30.3 Å². The van der Waals surface area contributed by atoms with E-state index in [1.54, 1.807) is 0 Å². The second-order valence-corrected chi connectivity index (χ2v) is 4.78. The number of rotatable bonds is 9. The summed E-state index contributed by atoms with van der Waals surface area (Å²) in [5.74, 6) is 0. The zero-order valence-electron chi connectivity index (χ0n) is 12.2. The van der Waals surface area contributed by atoms with Gasteiger partial charge >= 0.3 is 0 Å². The molecular formula is C16H28N2. The van der Waals surface area contributed by atoms with Crippen molar-refractivity contribution in [2.24, 2.45) is 0 Å². The van der Waals surface area contributed by atoms with Gasteiger partial charge in [0.25, 0.3) is 0 Å². The molecule has 0 saturated heterocycles. The van der Waals surface area contributed by atoms with E-state index in [0.29, 0.717) is 6.04 Å². The molecule has 1 unspecified atom stereocenters. The highest BCUT2D eigenvalue weighted by atomic mass is 15.1. The van der Waals surface area contributed by atoms with Crippen LogP contribution < -0.4 is 5.32 Å². The Balaban J connectivity index is 2.29. The van der Waals surface area contributed by atoms with Crippen LogP contribution in [0.1, 0.15) is 32.8 Å². The minimum atomic E-state index is 0.600. The standard InChI is InChI=1S/C16H28N2/c1-4-16(14-15-10-8-7-9-11-15)17-12-13-18(5-2)6-3/h7-11,16-17H,4-6,12-14H2,1-3H3. The fourth-order valence-electron chi connectivity index (χ4n) is 2.23. The maximum absolute atomic E-state index is 3.68. The van der Waals surface area contributed by atoms with Crippen molar-refractivity contribution < 1.29 is 0 Å². The van der Waals surface area contributed by atoms with Gasteiger partial charge < -0.3 is 10.2 Å². The number of benzene rings is 1. The molecule has 1 aromatic rings. The van der Waals surface area contributed by atoms with Crippen molar-refractivity contribution >= 4 is 0 Å². The zero-order valence-corrected chi connectivity index (χ0v) is 12.2. The van der Waals surface area contributed by atoms with Crippen molar-refractivity contribution in [2.75, 3.05) is 26.2 Å². The van der Waals surface area contributed by atoms with Crippen LogP contribution in [0.3, 0.4) is 0 Å². The van der Waals surface area contributed by atoms with Gasteiger partial charge in [-0.05, 0) is 31.5 Å². The fraction of sp³-hybridized carbons (Fsp3) is 0.625. The summed E-state index contributed by atoms with van der Waals surface area (Å²) in [5.41, 5.74) is 1.43. The molecule has 102 valence electrons. The van der Waals surface area contributed by atoms with E-state index in [2.05, 4.69) is 61.3 Å². The van der Waals surface area contributed by atoms with Gasteiger partial charge in [-0.3, -0.25) is 0 Å². The molecule has 0 bridgehead atoms. The van der Waals surface area contributed by atoms with E-state index in [0.717, 1.165) is 32.6 Å². The Morgan fingerprint density at radius 1 is 1.06 bits per heavy atom. The van der Waals surface area contributed by atoms with E-state index in [4.69, 9.17) is 0 Å². The lowest BCUT2D eigenvalue weighted by atomic mass is 10.0. The predicted octanol–water partition coefficient (Wildman–Crippen LogP) is 2.94. The summed E-state index contributed by atoms with van der Waals surface area (Å²) in [6, 6.07) is 11.4. The van der Waals surface area contributed by atoms with Crippen LogP contribution in [0.25, 0.3) is 0 Å². The van der Waals surface area contributed by atoms with E-state index < -0.39 is 0 Å². The fourth-order valence-corrected chi connectivity index (χ4v) is 2.23. The Labute approximate surface area is 112 Å². The van der Waals surface area contributed by atoms with Gasteiger partial charge in [0.1, 0.15) is 0 Å². The van der Waals surface area contributed by atoms with Crippen molar-refractivity contribution in [3.63, 3.8) is 0 Å². The smallest absolute Gasteiger partial charge is 0.0107 e. The van der Waals surface area contributed by atoms with Crippen molar-refractivity contribution in [1.29, 1.82) is 0 Å². The molecule has 0 aliphatic heterocycles. The van der Waals surface area contributed by atoms with Crippen LogP contribution in [0.2, 0.25) is 0 Å². The Hall–Kier alpha value is -0.860. The lowest BCUT2D eigenvalue weighted by Crippen LogP contribution is -2.37. The molecule has 0 aliphatic carbocycles. The third-order valence-corrected chi connectivity index (χ3v) is 3.57. The molecule has 2 heteroatoms. The Bertz CT molecular complexity index is 293. The quantitative estimate of drug-likeness (QED) is 0.723. The molecule has 1 rings (SSSR count). The van der Waals surface area contributed by atoms with Gasteiger partial charge in [0, 0.05) is 19.1 Å². The molecule has 1 aromatic carbocycles. The summed E-state index contributed by atoms with van der Waals surface area (Å²) in [6.45, 7) is 11.3. The van der Waals surface area contributed by atoms with E-state index >= 15 is 0 Å². The molecule has 0 amide bonds. The first kappa shape index (κ1) is 15.2. The van der Waals surface area contributed by atoms with Crippen LogP contribution in [0.4, 0.5) is 0 Å². The predicted molar refractivity (Wildman–Crippen MR) is 80.0 cm³/mol. The van der Waals surface area contributed by atoms with Gasteiger partial charge in [-0.2, -0.15) is 0 Å². The molecule has 0 aromatic heterocycles. The lowest BCUT2D eigenvalue weighted by Gasteiger charge is -2.21. The topological polar surface area (TPSA) is 15.3 Å². The van der Waals surface area contributed by atoms with Crippen LogP contribution in [-0.4, -0.2) is 37.1 Å². The lowest BCUT2D eigenvalue weighted by molar-refractivity contribution is 0.295. The maximum atomic E-state index is 3.68. The third-order valence-electron chi connectivity index (χ3n) is 3.57. The van der Waals surface area contributed by atoms with Crippen molar-refractivity contribution in [3.8, 4) is 0 Å². The number of hydrogen-bond donors (Lipinski definition) is 1. The number of nitrogens with zero attached hydrogens (tertiary/aromatic N) is 1. The van der Waals surface area contributed by atoms with Crippen LogP contribution in [0.5, 0.6) is 0 Å². The summed E-state index contributed by atoms with van der Waals surface area (Å²) >= 11 is 0. The average Bonchev–Trinajstić information content (AvgIpc) is 2.43. The van der Waals surface area contributed by atoms with Crippen molar-refractivity contribution in [2.45, 2.75) is 39.7 Å². The summed E-state index contributed by atoms with van der Waals surface area (Å²) in [6.07, 6.45) is 2.32. The van der Waals surface area contributed by atoms with Crippen LogP contribution in [0, 0.1) is 0 Å². The van der Waals surface area contributed by atoms with Gasteiger partial charge in [-0.15, -0.1) is 0 Å². The van der Waals surface area contributed by atoms with E-state index in [9.17, 15) is 0 Å².